The molecular formula is C10H21NO3. The third-order valence-corrected chi connectivity index (χ3v) is 2.43. The van der Waals surface area contributed by atoms with Gasteiger partial charge in [0.25, 0.3) is 0 Å². The summed E-state index contributed by atoms with van der Waals surface area (Å²) in [6.45, 7) is 2.81. The molecule has 0 saturated heterocycles. The summed E-state index contributed by atoms with van der Waals surface area (Å²) in [5.74, 6) is 0.799. The van der Waals surface area contributed by atoms with E-state index < -0.39 is 0 Å². The van der Waals surface area contributed by atoms with Crippen LogP contribution in [0.3, 0.4) is 0 Å². The van der Waals surface area contributed by atoms with Crippen LogP contribution in [-0.4, -0.2) is 51.2 Å². The number of hydrogen-bond acceptors (Lipinski definition) is 4. The minimum Gasteiger partial charge on any atom is -0.394 e. The van der Waals surface area contributed by atoms with Crippen molar-refractivity contribution in [1.29, 1.82) is 0 Å². The number of rotatable bonds is 9. The maximum Gasteiger partial charge on any atom is 0.0698 e. The summed E-state index contributed by atoms with van der Waals surface area (Å²) in [7, 11) is 1.74. The molecule has 1 unspecified atom stereocenters. The number of ether oxygens (including phenoxy) is 2. The largest absolute Gasteiger partial charge is 0.394 e. The Kier molecular flexibility index (Phi) is 6.10. The first-order chi connectivity index (χ1) is 6.88. The lowest BCUT2D eigenvalue weighted by molar-refractivity contribution is 0.0879. The van der Waals surface area contributed by atoms with Gasteiger partial charge in [0.05, 0.1) is 26.4 Å². The fourth-order valence-electron chi connectivity index (χ4n) is 1.52. The highest BCUT2D eigenvalue weighted by molar-refractivity contribution is 4.86. The Morgan fingerprint density at radius 2 is 2.21 bits per heavy atom. The van der Waals surface area contributed by atoms with E-state index in [0.29, 0.717) is 19.3 Å². The molecule has 1 fully saturated rings. The fourth-order valence-corrected chi connectivity index (χ4v) is 1.52. The van der Waals surface area contributed by atoms with Crippen molar-refractivity contribution >= 4 is 0 Å². The van der Waals surface area contributed by atoms with Crippen LogP contribution in [0.25, 0.3) is 0 Å². The molecule has 1 aliphatic rings. The van der Waals surface area contributed by atoms with Gasteiger partial charge in [0.2, 0.25) is 0 Å². The first-order valence-corrected chi connectivity index (χ1v) is 5.29. The molecule has 0 amide bonds. The monoisotopic (exact) mass is 203 g/mol. The predicted octanol–water partition coefficient (Wildman–Crippen LogP) is 0.00990. The zero-order valence-corrected chi connectivity index (χ0v) is 8.87. The quantitative estimate of drug-likeness (QED) is 0.518. The molecule has 0 heterocycles. The van der Waals surface area contributed by atoms with Crippen LogP contribution in [-0.2, 0) is 9.47 Å². The summed E-state index contributed by atoms with van der Waals surface area (Å²) in [4.78, 5) is 0. The van der Waals surface area contributed by atoms with Gasteiger partial charge in [-0.1, -0.05) is 0 Å². The Morgan fingerprint density at radius 3 is 2.79 bits per heavy atom. The van der Waals surface area contributed by atoms with E-state index in [-0.39, 0.29) is 6.61 Å². The molecule has 4 nitrogen and oxygen atoms in total. The van der Waals surface area contributed by atoms with Gasteiger partial charge in [0.15, 0.2) is 0 Å². The van der Waals surface area contributed by atoms with Crippen LogP contribution in [0, 0.1) is 5.92 Å². The summed E-state index contributed by atoms with van der Waals surface area (Å²) >= 11 is 0. The molecule has 14 heavy (non-hydrogen) atoms. The van der Waals surface area contributed by atoms with E-state index in [4.69, 9.17) is 14.6 Å². The van der Waals surface area contributed by atoms with Gasteiger partial charge in [-0.05, 0) is 18.8 Å². The van der Waals surface area contributed by atoms with Crippen molar-refractivity contribution < 1.29 is 14.6 Å². The van der Waals surface area contributed by atoms with Gasteiger partial charge in [0.1, 0.15) is 0 Å². The van der Waals surface area contributed by atoms with Crippen molar-refractivity contribution in [3.8, 4) is 0 Å². The zero-order valence-electron chi connectivity index (χ0n) is 8.87. The standard InChI is InChI=1S/C10H21NO3/c1-13-8-10(9-2-3-9)11-4-6-14-7-5-12/h9-12H,2-8H2,1H3. The van der Waals surface area contributed by atoms with Crippen molar-refractivity contribution in [2.75, 3.05) is 40.1 Å². The molecule has 0 aliphatic heterocycles. The van der Waals surface area contributed by atoms with Gasteiger partial charge < -0.3 is 19.9 Å². The van der Waals surface area contributed by atoms with Gasteiger partial charge in [0, 0.05) is 19.7 Å². The van der Waals surface area contributed by atoms with Gasteiger partial charge in [-0.2, -0.15) is 0 Å². The van der Waals surface area contributed by atoms with Crippen molar-refractivity contribution in [3.63, 3.8) is 0 Å². The van der Waals surface area contributed by atoms with Crippen molar-refractivity contribution in [3.05, 3.63) is 0 Å². The Balaban J connectivity index is 1.96. The van der Waals surface area contributed by atoms with E-state index in [1.807, 2.05) is 0 Å². The van der Waals surface area contributed by atoms with Crippen LogP contribution in [0.1, 0.15) is 12.8 Å². The van der Waals surface area contributed by atoms with Gasteiger partial charge in [-0.15, -0.1) is 0 Å². The second-order valence-corrected chi connectivity index (χ2v) is 3.69. The van der Waals surface area contributed by atoms with Gasteiger partial charge in [-0.25, -0.2) is 0 Å². The average Bonchev–Trinajstić information content (AvgIpc) is 2.99. The summed E-state index contributed by atoms with van der Waals surface area (Å²) in [5, 5.41) is 11.9. The van der Waals surface area contributed by atoms with Crippen molar-refractivity contribution in [2.24, 2.45) is 5.92 Å². The normalized spacial score (nSPS) is 18.4. The number of aliphatic hydroxyl groups excluding tert-OH is 1. The van der Waals surface area contributed by atoms with Crippen LogP contribution >= 0.6 is 0 Å². The molecule has 0 spiro atoms. The predicted molar refractivity (Wildman–Crippen MR) is 54.3 cm³/mol. The SMILES string of the molecule is COCC(NCCOCCO)C1CC1. The minimum absolute atomic E-state index is 0.101. The third kappa shape index (κ3) is 4.91. The van der Waals surface area contributed by atoms with Crippen LogP contribution in [0.4, 0.5) is 0 Å². The van der Waals surface area contributed by atoms with Crippen LogP contribution in [0.5, 0.6) is 0 Å². The Hall–Kier alpha value is -0.160. The first kappa shape index (κ1) is 11.9. The number of aliphatic hydroxyl groups is 1. The van der Waals surface area contributed by atoms with Gasteiger partial charge >= 0.3 is 0 Å². The van der Waals surface area contributed by atoms with Gasteiger partial charge in [-0.3, -0.25) is 0 Å². The van der Waals surface area contributed by atoms with Crippen LogP contribution in [0.2, 0.25) is 0 Å². The van der Waals surface area contributed by atoms with Crippen molar-refractivity contribution in [2.45, 2.75) is 18.9 Å². The smallest absolute Gasteiger partial charge is 0.0698 e. The van der Waals surface area contributed by atoms with E-state index in [2.05, 4.69) is 5.32 Å². The molecule has 0 aromatic heterocycles. The summed E-state index contributed by atoms with van der Waals surface area (Å²) in [6.07, 6.45) is 2.64. The van der Waals surface area contributed by atoms with E-state index >= 15 is 0 Å². The maximum atomic E-state index is 8.49. The lowest BCUT2D eigenvalue weighted by Crippen LogP contribution is -2.37. The third-order valence-electron chi connectivity index (χ3n) is 2.43. The molecule has 84 valence electrons. The molecule has 0 aromatic carbocycles. The second-order valence-electron chi connectivity index (χ2n) is 3.69. The molecule has 4 heteroatoms. The molecular weight excluding hydrogens is 182 g/mol. The highest BCUT2D eigenvalue weighted by atomic mass is 16.5. The number of nitrogens with one attached hydrogen (secondary N) is 1. The Morgan fingerprint density at radius 1 is 1.43 bits per heavy atom. The van der Waals surface area contributed by atoms with Crippen molar-refractivity contribution in [1.82, 2.24) is 5.32 Å². The van der Waals surface area contributed by atoms with Crippen LogP contribution < -0.4 is 5.32 Å². The number of methoxy groups -OCH3 is 1. The summed E-state index contributed by atoms with van der Waals surface area (Å²) < 4.78 is 10.3. The lowest BCUT2D eigenvalue weighted by Gasteiger charge is -2.16. The second kappa shape index (κ2) is 7.17. The average molecular weight is 203 g/mol. The molecule has 1 aliphatic carbocycles. The van der Waals surface area contributed by atoms with E-state index in [9.17, 15) is 0 Å². The minimum atomic E-state index is 0.101. The number of hydrogen-bond donors (Lipinski definition) is 2. The maximum absolute atomic E-state index is 8.49. The first-order valence-electron chi connectivity index (χ1n) is 5.29. The lowest BCUT2D eigenvalue weighted by atomic mass is 10.2. The van der Waals surface area contributed by atoms with E-state index in [0.717, 1.165) is 19.1 Å². The van der Waals surface area contributed by atoms with E-state index in [1.165, 1.54) is 12.8 Å². The molecule has 1 saturated carbocycles. The van der Waals surface area contributed by atoms with E-state index in [1.54, 1.807) is 7.11 Å². The molecule has 1 atom stereocenters. The topological polar surface area (TPSA) is 50.7 Å². The molecule has 2 N–H and O–H groups in total. The Labute approximate surface area is 85.6 Å². The summed E-state index contributed by atoms with van der Waals surface area (Å²) in [5.41, 5.74) is 0. The molecule has 0 radical (unpaired) electrons. The highest BCUT2D eigenvalue weighted by Crippen LogP contribution is 2.32. The Bertz CT molecular complexity index is 139. The molecule has 0 bridgehead atoms. The summed E-state index contributed by atoms with van der Waals surface area (Å²) in [6, 6.07) is 0.484. The fraction of sp³-hybridized carbons (Fsp3) is 1.00. The molecule has 1 rings (SSSR count). The highest BCUT2D eigenvalue weighted by Gasteiger charge is 2.30. The zero-order chi connectivity index (χ0) is 10.2. The van der Waals surface area contributed by atoms with Crippen LogP contribution in [0.15, 0.2) is 0 Å². The molecule has 0 aromatic rings.